The molecule has 1 aliphatic heterocycles. The van der Waals surface area contributed by atoms with Crippen molar-refractivity contribution in [3.8, 4) is 0 Å². The highest BCUT2D eigenvalue weighted by molar-refractivity contribution is 4.88. The summed E-state index contributed by atoms with van der Waals surface area (Å²) in [6.45, 7) is -1.07. The van der Waals surface area contributed by atoms with E-state index in [1.165, 1.54) is 0 Å². The second kappa shape index (κ2) is 2.16. The van der Waals surface area contributed by atoms with Gasteiger partial charge in [0.2, 0.25) is 0 Å². The average Bonchev–Trinajstić information content (AvgIpc) is 2.13. The van der Waals surface area contributed by atoms with Crippen LogP contribution in [0.15, 0.2) is 12.0 Å². The van der Waals surface area contributed by atoms with Crippen LogP contribution in [0.1, 0.15) is 0 Å². The molecule has 0 aliphatic carbocycles. The van der Waals surface area contributed by atoms with Crippen molar-refractivity contribution in [1.29, 1.82) is 0 Å². The number of hydrogen-bond donors (Lipinski definition) is 0. The van der Waals surface area contributed by atoms with Crippen molar-refractivity contribution >= 4 is 0 Å². The SMILES string of the molecule is FCC1OC(F)=C(F)O1. The highest BCUT2D eigenvalue weighted by Crippen LogP contribution is 2.23. The Morgan fingerprint density at radius 2 is 1.67 bits per heavy atom. The molecule has 52 valence electrons. The Bertz CT molecular complexity index is 131. The van der Waals surface area contributed by atoms with Crippen LogP contribution in [-0.2, 0) is 9.47 Å². The van der Waals surface area contributed by atoms with Crippen LogP contribution in [-0.4, -0.2) is 13.0 Å². The van der Waals surface area contributed by atoms with Crippen LogP contribution in [0.4, 0.5) is 13.2 Å². The molecule has 1 heterocycles. The fourth-order valence-corrected chi connectivity index (χ4v) is 0.411. The minimum Gasteiger partial charge on any atom is -0.423 e. The number of halogens is 3. The van der Waals surface area contributed by atoms with E-state index in [0.717, 1.165) is 0 Å². The second-order valence-corrected chi connectivity index (χ2v) is 1.37. The summed E-state index contributed by atoms with van der Waals surface area (Å²) in [5, 5.41) is 0. The predicted molar refractivity (Wildman–Crippen MR) is 21.2 cm³/mol. The molecule has 0 spiro atoms. The molecular weight excluding hydrogens is 137 g/mol. The van der Waals surface area contributed by atoms with Crippen molar-refractivity contribution in [1.82, 2.24) is 0 Å². The van der Waals surface area contributed by atoms with Gasteiger partial charge in [0, 0.05) is 0 Å². The van der Waals surface area contributed by atoms with Gasteiger partial charge in [0.15, 0.2) is 6.67 Å². The second-order valence-electron chi connectivity index (χ2n) is 1.37. The zero-order chi connectivity index (χ0) is 6.85. The van der Waals surface area contributed by atoms with Gasteiger partial charge >= 0.3 is 12.0 Å². The Morgan fingerprint density at radius 1 is 1.22 bits per heavy atom. The number of rotatable bonds is 1. The monoisotopic (exact) mass is 140 g/mol. The van der Waals surface area contributed by atoms with Crippen LogP contribution in [0.5, 0.6) is 0 Å². The molecule has 0 amide bonds. The van der Waals surface area contributed by atoms with Gasteiger partial charge in [-0.15, -0.1) is 0 Å². The van der Waals surface area contributed by atoms with E-state index in [9.17, 15) is 13.2 Å². The molecule has 1 rings (SSSR count). The first-order valence-corrected chi connectivity index (χ1v) is 2.18. The number of ether oxygens (including phenoxy) is 2. The maximum atomic E-state index is 11.7. The lowest BCUT2D eigenvalue weighted by Crippen LogP contribution is -2.09. The number of hydrogen-bond acceptors (Lipinski definition) is 2. The maximum absolute atomic E-state index is 11.7. The van der Waals surface area contributed by atoms with Crippen molar-refractivity contribution in [2.24, 2.45) is 0 Å². The van der Waals surface area contributed by atoms with Crippen molar-refractivity contribution in [3.05, 3.63) is 12.0 Å². The van der Waals surface area contributed by atoms with Gasteiger partial charge in [0.1, 0.15) is 0 Å². The molecule has 0 aromatic carbocycles. The first-order chi connectivity index (χ1) is 4.24. The molecule has 5 heteroatoms. The van der Waals surface area contributed by atoms with Crippen LogP contribution in [0.3, 0.4) is 0 Å². The van der Waals surface area contributed by atoms with Crippen molar-refractivity contribution in [2.45, 2.75) is 6.29 Å². The number of alkyl halides is 1. The van der Waals surface area contributed by atoms with Gasteiger partial charge in [-0.1, -0.05) is 0 Å². The summed E-state index contributed by atoms with van der Waals surface area (Å²) in [4.78, 5) is 0. The van der Waals surface area contributed by atoms with Gasteiger partial charge in [0.25, 0.3) is 6.29 Å². The first kappa shape index (κ1) is 6.25. The standard InChI is InChI=1S/C4H3F3O2/c5-1-2-8-3(6)4(7)9-2/h2H,1H2. The Kier molecular flexibility index (Phi) is 1.50. The Labute approximate surface area is 48.9 Å². The molecule has 0 unspecified atom stereocenters. The van der Waals surface area contributed by atoms with Gasteiger partial charge in [-0.3, -0.25) is 0 Å². The largest absolute Gasteiger partial charge is 0.423 e. The summed E-state index contributed by atoms with van der Waals surface area (Å²) in [5.74, 6) is 0. The van der Waals surface area contributed by atoms with E-state index in [2.05, 4.69) is 9.47 Å². The zero-order valence-electron chi connectivity index (χ0n) is 4.23. The Hall–Kier alpha value is -0.870. The third-order valence-corrected chi connectivity index (χ3v) is 0.750. The molecule has 0 aromatic heterocycles. The van der Waals surface area contributed by atoms with Crippen molar-refractivity contribution in [3.63, 3.8) is 0 Å². The highest BCUT2D eigenvalue weighted by Gasteiger charge is 2.27. The molecule has 0 fully saturated rings. The quantitative estimate of drug-likeness (QED) is 0.548. The van der Waals surface area contributed by atoms with E-state index < -0.39 is 25.0 Å². The highest BCUT2D eigenvalue weighted by atomic mass is 19.2. The molecule has 0 saturated heterocycles. The Balaban J connectivity index is 2.48. The smallest absolute Gasteiger partial charge is 0.350 e. The molecule has 0 aromatic rings. The fraction of sp³-hybridized carbons (Fsp3) is 0.500. The topological polar surface area (TPSA) is 18.5 Å². The molecular formula is C4H3F3O2. The summed E-state index contributed by atoms with van der Waals surface area (Å²) >= 11 is 0. The summed E-state index contributed by atoms with van der Waals surface area (Å²) in [6.07, 6.45) is -1.44. The van der Waals surface area contributed by atoms with E-state index in [0.29, 0.717) is 0 Å². The van der Waals surface area contributed by atoms with Gasteiger partial charge in [0.05, 0.1) is 0 Å². The van der Waals surface area contributed by atoms with Crippen LogP contribution < -0.4 is 0 Å². The van der Waals surface area contributed by atoms with Crippen LogP contribution in [0, 0.1) is 0 Å². The molecule has 9 heavy (non-hydrogen) atoms. The third kappa shape index (κ3) is 1.09. The third-order valence-electron chi connectivity index (χ3n) is 0.750. The normalized spacial score (nSPS) is 19.9. The lowest BCUT2D eigenvalue weighted by atomic mass is 10.7. The van der Waals surface area contributed by atoms with Crippen LogP contribution in [0.25, 0.3) is 0 Å². The lowest BCUT2D eigenvalue weighted by molar-refractivity contribution is -0.0732. The summed E-state index contributed by atoms with van der Waals surface area (Å²) in [5.41, 5.74) is 0. The molecule has 0 radical (unpaired) electrons. The lowest BCUT2D eigenvalue weighted by Gasteiger charge is -2.01. The van der Waals surface area contributed by atoms with Crippen LogP contribution in [0.2, 0.25) is 0 Å². The molecule has 0 bridgehead atoms. The maximum Gasteiger partial charge on any atom is 0.350 e. The van der Waals surface area contributed by atoms with E-state index in [1.54, 1.807) is 0 Å². The first-order valence-electron chi connectivity index (χ1n) is 2.18. The zero-order valence-corrected chi connectivity index (χ0v) is 4.23. The minimum absolute atomic E-state index is 1.07. The van der Waals surface area contributed by atoms with E-state index in [4.69, 9.17) is 0 Å². The van der Waals surface area contributed by atoms with E-state index in [-0.39, 0.29) is 0 Å². The minimum atomic E-state index is -1.49. The summed E-state index contributed by atoms with van der Waals surface area (Å²) in [7, 11) is 0. The molecule has 0 atom stereocenters. The fourth-order valence-electron chi connectivity index (χ4n) is 0.411. The van der Waals surface area contributed by atoms with Gasteiger partial charge in [-0.25, -0.2) is 4.39 Å². The molecule has 0 N–H and O–H groups in total. The van der Waals surface area contributed by atoms with Crippen molar-refractivity contribution in [2.75, 3.05) is 6.67 Å². The molecule has 0 saturated carbocycles. The van der Waals surface area contributed by atoms with Crippen LogP contribution >= 0.6 is 0 Å². The van der Waals surface area contributed by atoms with Gasteiger partial charge in [-0.05, 0) is 0 Å². The summed E-state index contributed by atoms with van der Waals surface area (Å²) < 4.78 is 42.7. The van der Waals surface area contributed by atoms with Gasteiger partial charge < -0.3 is 9.47 Å². The van der Waals surface area contributed by atoms with E-state index >= 15 is 0 Å². The average molecular weight is 140 g/mol. The van der Waals surface area contributed by atoms with E-state index in [1.807, 2.05) is 0 Å². The molecule has 2 nitrogen and oxygen atoms in total. The van der Waals surface area contributed by atoms with Crippen molar-refractivity contribution < 1.29 is 22.6 Å². The summed E-state index contributed by atoms with van der Waals surface area (Å²) in [6, 6.07) is -2.98. The van der Waals surface area contributed by atoms with Gasteiger partial charge in [-0.2, -0.15) is 8.78 Å². The molecule has 1 aliphatic rings. The predicted octanol–water partition coefficient (Wildman–Crippen LogP) is 1.39. The Morgan fingerprint density at radius 3 is 1.89 bits per heavy atom.